The quantitative estimate of drug-likeness (QED) is 0.679. The molecule has 0 aromatic heterocycles. The van der Waals surface area contributed by atoms with E-state index in [2.05, 4.69) is 46.2 Å². The van der Waals surface area contributed by atoms with Crippen molar-refractivity contribution in [3.05, 3.63) is 64.7 Å². The summed E-state index contributed by atoms with van der Waals surface area (Å²) >= 11 is 5.99. The van der Waals surface area contributed by atoms with Gasteiger partial charge in [0, 0.05) is 43.4 Å². The lowest BCUT2D eigenvalue weighted by molar-refractivity contribution is 0.0289. The van der Waals surface area contributed by atoms with E-state index in [0.29, 0.717) is 0 Å². The predicted molar refractivity (Wildman–Crippen MR) is 118 cm³/mol. The molecular formula is C21H27Cl3N2O. The average molecular weight is 430 g/mol. The van der Waals surface area contributed by atoms with Gasteiger partial charge in [-0.1, -0.05) is 35.9 Å². The first-order chi connectivity index (χ1) is 12.3. The first kappa shape index (κ1) is 22.3. The van der Waals surface area contributed by atoms with Gasteiger partial charge < -0.3 is 9.64 Å². The third-order valence-corrected chi connectivity index (χ3v) is 5.62. The summed E-state index contributed by atoms with van der Waals surface area (Å²) in [6.07, 6.45) is 2.39. The number of anilines is 1. The van der Waals surface area contributed by atoms with Crippen LogP contribution in [0.2, 0.25) is 5.02 Å². The van der Waals surface area contributed by atoms with Crippen molar-refractivity contribution >= 4 is 42.1 Å². The van der Waals surface area contributed by atoms with Crippen LogP contribution in [0.25, 0.3) is 0 Å². The summed E-state index contributed by atoms with van der Waals surface area (Å²) in [6, 6.07) is 16.9. The van der Waals surface area contributed by atoms with Gasteiger partial charge in [0.1, 0.15) is 0 Å². The number of halogens is 3. The van der Waals surface area contributed by atoms with Crippen molar-refractivity contribution in [1.29, 1.82) is 0 Å². The van der Waals surface area contributed by atoms with Gasteiger partial charge in [0.15, 0.2) is 0 Å². The molecule has 1 fully saturated rings. The molecule has 0 saturated carbocycles. The molecule has 0 bridgehead atoms. The van der Waals surface area contributed by atoms with Crippen molar-refractivity contribution in [3.8, 4) is 0 Å². The van der Waals surface area contributed by atoms with Crippen molar-refractivity contribution in [2.75, 3.05) is 44.2 Å². The Balaban J connectivity index is 0.00000131. The Morgan fingerprint density at radius 2 is 1.63 bits per heavy atom. The highest BCUT2D eigenvalue weighted by atomic mass is 35.5. The lowest BCUT2D eigenvalue weighted by Crippen LogP contribution is -2.46. The van der Waals surface area contributed by atoms with Crippen LogP contribution in [0.3, 0.4) is 0 Å². The van der Waals surface area contributed by atoms with Gasteiger partial charge in [0.2, 0.25) is 0 Å². The maximum atomic E-state index is 6.05. The first-order valence-corrected chi connectivity index (χ1v) is 9.60. The van der Waals surface area contributed by atoms with Gasteiger partial charge >= 0.3 is 0 Å². The standard InChI is InChI=1S/C21H25ClN2O.2ClH/c22-18-5-7-19(8-6-18)24-14-12-23(13-15-24)11-9-21-20-4-2-1-3-17(20)10-16-25-21;;/h1-8,21H,9-16H2;2*1H. The number of hydrogen-bond donors (Lipinski definition) is 0. The fraction of sp³-hybridized carbons (Fsp3) is 0.429. The Labute approximate surface area is 179 Å². The summed E-state index contributed by atoms with van der Waals surface area (Å²) in [5.41, 5.74) is 4.13. The van der Waals surface area contributed by atoms with Crippen molar-refractivity contribution in [2.24, 2.45) is 0 Å². The zero-order valence-electron chi connectivity index (χ0n) is 15.4. The topological polar surface area (TPSA) is 15.7 Å². The highest BCUT2D eigenvalue weighted by Gasteiger charge is 2.23. The molecular weight excluding hydrogens is 403 g/mol. The molecule has 0 spiro atoms. The summed E-state index contributed by atoms with van der Waals surface area (Å²) < 4.78 is 6.05. The monoisotopic (exact) mass is 428 g/mol. The Morgan fingerprint density at radius 1 is 0.926 bits per heavy atom. The highest BCUT2D eigenvalue weighted by molar-refractivity contribution is 6.30. The fourth-order valence-corrected chi connectivity index (χ4v) is 4.02. The second-order valence-electron chi connectivity index (χ2n) is 6.90. The molecule has 2 aliphatic heterocycles. The molecule has 6 heteroatoms. The molecule has 148 valence electrons. The Hall–Kier alpha value is -0.970. The van der Waals surface area contributed by atoms with Crippen molar-refractivity contribution < 1.29 is 4.74 Å². The number of rotatable bonds is 4. The maximum absolute atomic E-state index is 6.05. The molecule has 0 N–H and O–H groups in total. The summed E-state index contributed by atoms with van der Waals surface area (Å²) in [4.78, 5) is 5.01. The van der Waals surface area contributed by atoms with E-state index >= 15 is 0 Å². The summed E-state index contributed by atoms with van der Waals surface area (Å²) in [5, 5.41) is 0.801. The van der Waals surface area contributed by atoms with Crippen LogP contribution in [-0.2, 0) is 11.2 Å². The van der Waals surface area contributed by atoms with E-state index in [1.54, 1.807) is 0 Å². The van der Waals surface area contributed by atoms with Crippen LogP contribution in [-0.4, -0.2) is 44.2 Å². The van der Waals surface area contributed by atoms with Crippen LogP contribution < -0.4 is 4.90 Å². The SMILES string of the molecule is Cl.Cl.Clc1ccc(N2CCN(CCC3OCCc4ccccc43)CC2)cc1. The normalized spacial score (nSPS) is 19.6. The lowest BCUT2D eigenvalue weighted by Gasteiger charge is -2.37. The Bertz CT molecular complexity index is 703. The van der Waals surface area contributed by atoms with E-state index in [9.17, 15) is 0 Å². The van der Waals surface area contributed by atoms with Crippen LogP contribution in [0.1, 0.15) is 23.7 Å². The summed E-state index contributed by atoms with van der Waals surface area (Å²) in [5.74, 6) is 0. The fourth-order valence-electron chi connectivity index (χ4n) is 3.90. The van der Waals surface area contributed by atoms with E-state index in [1.807, 2.05) is 12.1 Å². The number of ether oxygens (including phenoxy) is 1. The van der Waals surface area contributed by atoms with Gasteiger partial charge in [-0.2, -0.15) is 0 Å². The van der Waals surface area contributed by atoms with Gasteiger partial charge in [-0.05, 0) is 48.2 Å². The van der Waals surface area contributed by atoms with Gasteiger partial charge in [-0.3, -0.25) is 4.90 Å². The van der Waals surface area contributed by atoms with Crippen LogP contribution >= 0.6 is 36.4 Å². The molecule has 2 heterocycles. The van der Waals surface area contributed by atoms with Crippen LogP contribution in [0.5, 0.6) is 0 Å². The van der Waals surface area contributed by atoms with E-state index in [1.165, 1.54) is 16.8 Å². The van der Waals surface area contributed by atoms with Crippen LogP contribution in [0.15, 0.2) is 48.5 Å². The largest absolute Gasteiger partial charge is 0.373 e. The smallest absolute Gasteiger partial charge is 0.0839 e. The third-order valence-electron chi connectivity index (χ3n) is 5.36. The minimum absolute atomic E-state index is 0. The predicted octanol–water partition coefficient (Wildman–Crippen LogP) is 5.01. The lowest BCUT2D eigenvalue weighted by atomic mass is 9.95. The highest BCUT2D eigenvalue weighted by Crippen LogP contribution is 2.29. The second-order valence-corrected chi connectivity index (χ2v) is 7.34. The van der Waals surface area contributed by atoms with E-state index in [4.69, 9.17) is 16.3 Å². The molecule has 27 heavy (non-hydrogen) atoms. The number of nitrogens with zero attached hydrogens (tertiary/aromatic N) is 2. The number of piperazine rings is 1. The van der Waals surface area contributed by atoms with E-state index in [0.717, 1.165) is 57.2 Å². The number of hydrogen-bond acceptors (Lipinski definition) is 3. The second kappa shape index (κ2) is 10.5. The van der Waals surface area contributed by atoms with Gasteiger partial charge in [-0.25, -0.2) is 0 Å². The zero-order valence-corrected chi connectivity index (χ0v) is 17.7. The van der Waals surface area contributed by atoms with Crippen molar-refractivity contribution in [3.63, 3.8) is 0 Å². The number of fused-ring (bicyclic) bond motifs is 1. The molecule has 2 aliphatic rings. The maximum Gasteiger partial charge on any atom is 0.0839 e. The minimum Gasteiger partial charge on any atom is -0.373 e. The minimum atomic E-state index is 0. The van der Waals surface area contributed by atoms with E-state index < -0.39 is 0 Å². The zero-order chi connectivity index (χ0) is 17.1. The molecule has 2 aromatic rings. The Kier molecular flexibility index (Phi) is 8.71. The van der Waals surface area contributed by atoms with Gasteiger partial charge in [0.05, 0.1) is 12.7 Å². The average Bonchev–Trinajstić information content (AvgIpc) is 2.67. The van der Waals surface area contributed by atoms with E-state index in [-0.39, 0.29) is 30.9 Å². The summed E-state index contributed by atoms with van der Waals surface area (Å²) in [7, 11) is 0. The van der Waals surface area contributed by atoms with Crippen molar-refractivity contribution in [1.82, 2.24) is 4.90 Å². The molecule has 4 rings (SSSR count). The molecule has 2 aromatic carbocycles. The third kappa shape index (κ3) is 5.52. The van der Waals surface area contributed by atoms with Crippen molar-refractivity contribution in [2.45, 2.75) is 18.9 Å². The molecule has 0 radical (unpaired) electrons. The molecule has 1 atom stereocenters. The molecule has 0 aliphatic carbocycles. The molecule has 3 nitrogen and oxygen atoms in total. The molecule has 1 unspecified atom stereocenters. The van der Waals surface area contributed by atoms with Gasteiger partial charge in [0.25, 0.3) is 0 Å². The van der Waals surface area contributed by atoms with Crippen LogP contribution in [0.4, 0.5) is 5.69 Å². The van der Waals surface area contributed by atoms with Crippen LogP contribution in [0, 0.1) is 0 Å². The molecule has 1 saturated heterocycles. The first-order valence-electron chi connectivity index (χ1n) is 9.22. The Morgan fingerprint density at radius 3 is 2.37 bits per heavy atom. The number of benzene rings is 2. The van der Waals surface area contributed by atoms with Gasteiger partial charge in [-0.15, -0.1) is 24.8 Å². The molecule has 0 amide bonds. The summed E-state index contributed by atoms with van der Waals surface area (Å²) in [6.45, 7) is 6.32.